The minimum atomic E-state index is -3.50. The lowest BCUT2D eigenvalue weighted by molar-refractivity contribution is -0.127. The SMILES string of the molecule is CCN(CC)C(=O)CSc1ccc(S(=O)(=O)N2CCN(C)CC2)cn1. The van der Waals surface area contributed by atoms with Crippen molar-refractivity contribution < 1.29 is 13.2 Å². The number of aromatic nitrogens is 1. The largest absolute Gasteiger partial charge is 0.343 e. The number of hydrogen-bond donors (Lipinski definition) is 0. The van der Waals surface area contributed by atoms with Crippen molar-refractivity contribution >= 4 is 27.7 Å². The summed E-state index contributed by atoms with van der Waals surface area (Å²) < 4.78 is 26.8. The Bertz CT molecular complexity index is 667. The van der Waals surface area contributed by atoms with Gasteiger partial charge in [-0.15, -0.1) is 0 Å². The van der Waals surface area contributed by atoms with E-state index in [0.29, 0.717) is 37.0 Å². The number of carbonyl (C=O) groups is 1. The van der Waals surface area contributed by atoms with E-state index >= 15 is 0 Å². The third-order valence-corrected chi connectivity index (χ3v) is 7.08. The van der Waals surface area contributed by atoms with Crippen LogP contribution in [0.2, 0.25) is 0 Å². The summed E-state index contributed by atoms with van der Waals surface area (Å²) in [5.74, 6) is 0.366. The highest BCUT2D eigenvalue weighted by Gasteiger charge is 2.27. The molecule has 1 aliphatic rings. The molecule has 0 saturated carbocycles. The highest BCUT2D eigenvalue weighted by atomic mass is 32.2. The molecule has 1 amide bonds. The molecule has 1 aromatic heterocycles. The van der Waals surface area contributed by atoms with Crippen LogP contribution in [0.5, 0.6) is 0 Å². The maximum atomic E-state index is 12.6. The summed E-state index contributed by atoms with van der Waals surface area (Å²) >= 11 is 1.33. The summed E-state index contributed by atoms with van der Waals surface area (Å²) in [7, 11) is -1.51. The zero-order valence-electron chi connectivity index (χ0n) is 15.0. The Kier molecular flexibility index (Phi) is 7.24. The smallest absolute Gasteiger partial charge is 0.244 e. The minimum absolute atomic E-state index is 0.0611. The molecule has 1 fully saturated rings. The van der Waals surface area contributed by atoms with E-state index < -0.39 is 10.0 Å². The van der Waals surface area contributed by atoms with Crippen LogP contribution in [0.4, 0.5) is 0 Å². The predicted molar refractivity (Wildman–Crippen MR) is 99.1 cm³/mol. The summed E-state index contributed by atoms with van der Waals surface area (Å²) in [4.78, 5) is 20.3. The number of piperazine rings is 1. The van der Waals surface area contributed by atoms with Gasteiger partial charge in [0.15, 0.2) is 0 Å². The van der Waals surface area contributed by atoms with Crippen LogP contribution in [-0.2, 0) is 14.8 Å². The number of rotatable bonds is 7. The summed E-state index contributed by atoms with van der Waals surface area (Å²) in [5.41, 5.74) is 0. The molecule has 1 aliphatic heterocycles. The number of amides is 1. The van der Waals surface area contributed by atoms with Crippen molar-refractivity contribution in [3.05, 3.63) is 18.3 Å². The van der Waals surface area contributed by atoms with Gasteiger partial charge in [0.2, 0.25) is 15.9 Å². The monoisotopic (exact) mass is 386 g/mol. The molecule has 0 spiro atoms. The maximum Gasteiger partial charge on any atom is 0.244 e. The normalized spacial score (nSPS) is 16.8. The molecule has 2 rings (SSSR count). The fraction of sp³-hybridized carbons (Fsp3) is 0.625. The molecule has 25 heavy (non-hydrogen) atoms. The van der Waals surface area contributed by atoms with Gasteiger partial charge in [-0.25, -0.2) is 13.4 Å². The second-order valence-electron chi connectivity index (χ2n) is 5.89. The summed E-state index contributed by atoms with van der Waals surface area (Å²) in [6.07, 6.45) is 1.39. The number of carbonyl (C=O) groups excluding carboxylic acids is 1. The van der Waals surface area contributed by atoms with E-state index in [1.807, 2.05) is 20.9 Å². The Labute approximate surface area is 154 Å². The van der Waals surface area contributed by atoms with E-state index in [2.05, 4.69) is 9.88 Å². The maximum absolute atomic E-state index is 12.6. The van der Waals surface area contributed by atoms with Crippen LogP contribution >= 0.6 is 11.8 Å². The van der Waals surface area contributed by atoms with E-state index in [9.17, 15) is 13.2 Å². The molecule has 0 atom stereocenters. The second-order valence-corrected chi connectivity index (χ2v) is 8.83. The van der Waals surface area contributed by atoms with Crippen LogP contribution < -0.4 is 0 Å². The molecule has 0 radical (unpaired) electrons. The van der Waals surface area contributed by atoms with Crippen LogP contribution in [0.1, 0.15) is 13.8 Å². The highest BCUT2D eigenvalue weighted by Crippen LogP contribution is 2.21. The summed E-state index contributed by atoms with van der Waals surface area (Å²) in [5, 5.41) is 0.651. The van der Waals surface area contributed by atoms with Gasteiger partial charge in [-0.05, 0) is 33.0 Å². The third-order valence-electron chi connectivity index (χ3n) is 4.27. The topological polar surface area (TPSA) is 73.8 Å². The Morgan fingerprint density at radius 1 is 1.20 bits per heavy atom. The lowest BCUT2D eigenvalue weighted by Gasteiger charge is -2.31. The molecule has 1 aromatic rings. The summed E-state index contributed by atoms with van der Waals surface area (Å²) in [6, 6.07) is 3.24. The number of pyridine rings is 1. The van der Waals surface area contributed by atoms with Crippen LogP contribution in [0.25, 0.3) is 0 Å². The molecule has 9 heteroatoms. The number of sulfonamides is 1. The Morgan fingerprint density at radius 2 is 1.84 bits per heavy atom. The van der Waals surface area contributed by atoms with Gasteiger partial charge < -0.3 is 9.80 Å². The van der Waals surface area contributed by atoms with E-state index in [0.717, 1.165) is 13.1 Å². The van der Waals surface area contributed by atoms with Crippen molar-refractivity contribution in [1.29, 1.82) is 0 Å². The van der Waals surface area contributed by atoms with E-state index in [4.69, 9.17) is 0 Å². The first-order chi connectivity index (χ1) is 11.9. The molecule has 140 valence electrons. The lowest BCUT2D eigenvalue weighted by Crippen LogP contribution is -2.47. The van der Waals surface area contributed by atoms with E-state index in [1.54, 1.807) is 17.0 Å². The predicted octanol–water partition coefficient (Wildman–Crippen LogP) is 0.978. The number of nitrogens with zero attached hydrogens (tertiary/aromatic N) is 4. The zero-order chi connectivity index (χ0) is 18.4. The van der Waals surface area contributed by atoms with Crippen LogP contribution in [0.15, 0.2) is 28.3 Å². The third kappa shape index (κ3) is 5.16. The Balaban J connectivity index is 1.98. The zero-order valence-corrected chi connectivity index (χ0v) is 16.6. The lowest BCUT2D eigenvalue weighted by atomic mass is 10.4. The van der Waals surface area contributed by atoms with Crippen molar-refractivity contribution in [2.45, 2.75) is 23.8 Å². The standard InChI is InChI=1S/C16H26N4O3S2/c1-4-19(5-2)16(21)13-24-15-7-6-14(12-17-15)25(22,23)20-10-8-18(3)9-11-20/h6-7,12H,4-5,8-11,13H2,1-3H3. The first-order valence-corrected chi connectivity index (χ1v) is 10.9. The van der Waals surface area contributed by atoms with Gasteiger partial charge in [-0.2, -0.15) is 4.31 Å². The van der Waals surface area contributed by atoms with Gasteiger partial charge in [0.05, 0.1) is 10.8 Å². The highest BCUT2D eigenvalue weighted by molar-refractivity contribution is 7.99. The number of hydrogen-bond acceptors (Lipinski definition) is 6. The summed E-state index contributed by atoms with van der Waals surface area (Å²) in [6.45, 7) is 7.71. The molecule has 0 N–H and O–H groups in total. The van der Waals surface area contributed by atoms with E-state index in [1.165, 1.54) is 22.3 Å². The second kappa shape index (κ2) is 8.98. The first kappa shape index (κ1) is 20.2. The van der Waals surface area contributed by atoms with Gasteiger partial charge in [0.25, 0.3) is 0 Å². The fourth-order valence-corrected chi connectivity index (χ4v) is 4.70. The van der Waals surface area contributed by atoms with Crippen molar-refractivity contribution in [3.8, 4) is 0 Å². The van der Waals surface area contributed by atoms with Crippen LogP contribution in [0, 0.1) is 0 Å². The Hall–Kier alpha value is -1.16. The van der Waals surface area contributed by atoms with Gasteiger partial charge in [-0.1, -0.05) is 11.8 Å². The minimum Gasteiger partial charge on any atom is -0.343 e. The molecular formula is C16H26N4O3S2. The molecule has 1 saturated heterocycles. The average molecular weight is 387 g/mol. The molecule has 0 aliphatic carbocycles. The van der Waals surface area contributed by atoms with Crippen molar-refractivity contribution in [2.24, 2.45) is 0 Å². The van der Waals surface area contributed by atoms with Gasteiger partial charge >= 0.3 is 0 Å². The molecule has 0 aromatic carbocycles. The van der Waals surface area contributed by atoms with E-state index in [-0.39, 0.29) is 10.8 Å². The van der Waals surface area contributed by atoms with Gasteiger partial charge in [0.1, 0.15) is 4.90 Å². The molecule has 0 unspecified atom stereocenters. The Morgan fingerprint density at radius 3 is 2.36 bits per heavy atom. The van der Waals surface area contributed by atoms with Crippen molar-refractivity contribution in [2.75, 3.05) is 52.1 Å². The number of likely N-dealkylation sites (N-methyl/N-ethyl adjacent to an activating group) is 1. The number of thioether (sulfide) groups is 1. The van der Waals surface area contributed by atoms with Crippen molar-refractivity contribution in [3.63, 3.8) is 0 Å². The quantitative estimate of drug-likeness (QED) is 0.651. The molecule has 0 bridgehead atoms. The first-order valence-electron chi connectivity index (χ1n) is 8.43. The molecular weight excluding hydrogens is 360 g/mol. The van der Waals surface area contributed by atoms with Gasteiger partial charge in [-0.3, -0.25) is 4.79 Å². The fourth-order valence-electron chi connectivity index (χ4n) is 2.59. The van der Waals surface area contributed by atoms with Crippen LogP contribution in [-0.4, -0.2) is 85.5 Å². The molecule has 2 heterocycles. The average Bonchev–Trinajstić information content (AvgIpc) is 2.61. The van der Waals surface area contributed by atoms with Crippen LogP contribution in [0.3, 0.4) is 0 Å². The molecule has 7 nitrogen and oxygen atoms in total. The van der Waals surface area contributed by atoms with Crippen molar-refractivity contribution in [1.82, 2.24) is 19.1 Å². The van der Waals surface area contributed by atoms with Gasteiger partial charge in [0, 0.05) is 45.5 Å².